The molecule has 0 spiro atoms. The number of aromatic amines is 2. The molecule has 2 bridgehead atoms. The highest BCUT2D eigenvalue weighted by Crippen LogP contribution is 2.59. The van der Waals surface area contributed by atoms with Gasteiger partial charge >= 0.3 is 15.1 Å². The zero-order valence-electron chi connectivity index (χ0n) is 21.8. The molecule has 24 heteroatoms. The molecule has 0 amide bonds. The molecule has 3 aliphatic rings. The van der Waals surface area contributed by atoms with Gasteiger partial charge in [-0.3, -0.25) is 37.3 Å². The van der Waals surface area contributed by atoms with Gasteiger partial charge in [-0.25, -0.2) is 23.9 Å². The van der Waals surface area contributed by atoms with Gasteiger partial charge in [-0.2, -0.15) is 4.98 Å². The molecule has 3 fully saturated rings. The summed E-state index contributed by atoms with van der Waals surface area (Å²) < 4.78 is 72.7. The van der Waals surface area contributed by atoms with Crippen LogP contribution in [-0.2, 0) is 32.0 Å². The van der Waals surface area contributed by atoms with Gasteiger partial charge in [0.2, 0.25) is 5.95 Å². The lowest BCUT2D eigenvalue weighted by molar-refractivity contribution is -0.0426. The number of nitrogen functional groups attached to an aromatic ring is 1. The number of imidazole rings is 2. The van der Waals surface area contributed by atoms with Gasteiger partial charge in [0.25, 0.3) is 11.1 Å². The second kappa shape index (κ2) is 11.3. The number of halogens is 1. The monoisotopic (exact) mass is 693 g/mol. The Morgan fingerprint density at radius 2 is 1.89 bits per heavy atom. The minimum atomic E-state index is -4.34. The molecule has 236 valence electrons. The predicted octanol–water partition coefficient (Wildman–Crippen LogP) is 0.290. The largest absolute Gasteiger partial charge is 0.389 e. The van der Waals surface area contributed by atoms with Crippen molar-refractivity contribution in [3.63, 3.8) is 0 Å². The Morgan fingerprint density at radius 3 is 2.68 bits per heavy atom. The molecule has 2 unspecified atom stereocenters. The molecular formula is C20H22FN9O10P2S2. The number of thiol groups is 1. The number of aliphatic hydroxyl groups excluding tert-OH is 1. The van der Waals surface area contributed by atoms with Crippen LogP contribution < -0.4 is 16.9 Å². The van der Waals surface area contributed by atoms with Crippen LogP contribution in [0.3, 0.4) is 0 Å². The fourth-order valence-corrected chi connectivity index (χ4v) is 9.25. The van der Waals surface area contributed by atoms with Crippen LogP contribution in [0.1, 0.15) is 11.6 Å². The number of fused-ring (bicyclic) bond motifs is 5. The quantitative estimate of drug-likeness (QED) is 0.140. The molecule has 0 aromatic carbocycles. The summed E-state index contributed by atoms with van der Waals surface area (Å²) in [4.78, 5) is 45.3. The fraction of sp³-hybridized carbons (Fsp3) is 0.500. The van der Waals surface area contributed by atoms with Crippen molar-refractivity contribution in [3.05, 3.63) is 39.7 Å². The molecule has 7 rings (SSSR count). The van der Waals surface area contributed by atoms with Crippen molar-refractivity contribution in [1.29, 1.82) is 0 Å². The topological polar surface area (TPSA) is 254 Å². The van der Waals surface area contributed by atoms with E-state index >= 15 is 4.39 Å². The van der Waals surface area contributed by atoms with Crippen molar-refractivity contribution in [1.82, 2.24) is 39.0 Å². The predicted molar refractivity (Wildman–Crippen MR) is 153 cm³/mol. The molecular weight excluding hydrogens is 671 g/mol. The number of aliphatic hydroxyl groups is 1. The van der Waals surface area contributed by atoms with E-state index in [4.69, 9.17) is 28.6 Å². The lowest BCUT2D eigenvalue weighted by Crippen LogP contribution is -2.35. The second-order valence-electron chi connectivity index (χ2n) is 9.87. The van der Waals surface area contributed by atoms with Gasteiger partial charge in [-0.05, 0) is 0 Å². The first-order valence-electron chi connectivity index (χ1n) is 12.8. The highest BCUT2D eigenvalue weighted by atomic mass is 32.7. The van der Waals surface area contributed by atoms with Crippen molar-refractivity contribution < 1.29 is 41.5 Å². The highest BCUT2D eigenvalue weighted by Gasteiger charge is 2.52. The van der Waals surface area contributed by atoms with Gasteiger partial charge in [0.05, 0.1) is 43.5 Å². The average Bonchev–Trinajstić information content (AvgIpc) is 3.72. The Bertz CT molecular complexity index is 1940. The summed E-state index contributed by atoms with van der Waals surface area (Å²) in [6, 6.07) is 0. The normalized spacial score (nSPS) is 36.6. The molecule has 0 saturated carbocycles. The standard InChI is InChI=1S/C20H22FN9O10P2S2/c21-8-12-6(38-18(8)29-4-25-9-14(29)23-3-24-16(9)32)1-37-42(35,43)40-13-11(31)7(2-36-41(34)39-12)44-19(13)30-5-26-10-15(30)27-20(22)28-17(10)33/h3-8,11-13,18-19,31,41H,1-2H2,(H,35,43)(H,23,24,32)(H3,22,27,28,33)/t6-,7-,8+,11-,12-,13-,18-,19-,42?/m1/s1. The van der Waals surface area contributed by atoms with Crippen LogP contribution in [0.15, 0.2) is 28.6 Å². The molecule has 4 aromatic heterocycles. The van der Waals surface area contributed by atoms with E-state index in [-0.39, 0.29) is 34.9 Å². The molecule has 3 saturated heterocycles. The summed E-state index contributed by atoms with van der Waals surface area (Å²) in [5.41, 5.74) is 4.52. The molecule has 3 aliphatic heterocycles. The van der Waals surface area contributed by atoms with Crippen molar-refractivity contribution in [2.45, 2.75) is 47.4 Å². The fourth-order valence-electron chi connectivity index (χ4n) is 5.21. The van der Waals surface area contributed by atoms with Gasteiger partial charge in [0.15, 0.2) is 34.7 Å². The van der Waals surface area contributed by atoms with Crippen LogP contribution >= 0.6 is 39.1 Å². The highest BCUT2D eigenvalue weighted by molar-refractivity contribution is 8.44. The number of alkyl halides is 1. The van der Waals surface area contributed by atoms with E-state index in [1.807, 2.05) is 0 Å². The first kappa shape index (κ1) is 30.0. The molecule has 44 heavy (non-hydrogen) atoms. The van der Waals surface area contributed by atoms with Crippen molar-refractivity contribution in [2.24, 2.45) is 0 Å². The lowest BCUT2D eigenvalue weighted by Gasteiger charge is -2.26. The Morgan fingerprint density at radius 1 is 1.14 bits per heavy atom. The number of nitrogens with one attached hydrogen (secondary N) is 2. The van der Waals surface area contributed by atoms with Gasteiger partial charge in [-0.15, -0.1) is 11.8 Å². The number of H-pyrrole nitrogens is 2. The average molecular weight is 694 g/mol. The van der Waals surface area contributed by atoms with Gasteiger partial charge in [-0.1, -0.05) is 12.2 Å². The zero-order valence-corrected chi connectivity index (χ0v) is 25.4. The van der Waals surface area contributed by atoms with E-state index in [0.29, 0.717) is 0 Å². The van der Waals surface area contributed by atoms with E-state index < -0.39 is 80.2 Å². The maximum absolute atomic E-state index is 15.8. The summed E-state index contributed by atoms with van der Waals surface area (Å²) in [6.07, 6.45) is -5.46. The van der Waals surface area contributed by atoms with Gasteiger partial charge < -0.3 is 29.6 Å². The van der Waals surface area contributed by atoms with Gasteiger partial charge in [0.1, 0.15) is 23.7 Å². The van der Waals surface area contributed by atoms with Crippen molar-refractivity contribution in [2.75, 3.05) is 18.9 Å². The Kier molecular flexibility index (Phi) is 7.71. The van der Waals surface area contributed by atoms with Crippen LogP contribution in [0.4, 0.5) is 10.3 Å². The van der Waals surface area contributed by atoms with E-state index in [1.54, 1.807) is 0 Å². The zero-order chi connectivity index (χ0) is 30.9. The molecule has 7 heterocycles. The molecule has 0 aliphatic carbocycles. The Labute approximate surface area is 253 Å². The van der Waals surface area contributed by atoms with E-state index in [9.17, 15) is 23.8 Å². The third kappa shape index (κ3) is 5.21. The first-order valence-corrected chi connectivity index (χ1v) is 17.6. The maximum Gasteiger partial charge on any atom is 0.386 e. The Hall–Kier alpha value is -2.65. The number of nitrogens with two attached hydrogens (primary N) is 1. The molecule has 10 atom stereocenters. The number of hydrogen-bond acceptors (Lipinski definition) is 16. The second-order valence-corrected chi connectivity index (χ2v) is 15.1. The van der Waals surface area contributed by atoms with Crippen LogP contribution in [0.25, 0.3) is 22.3 Å². The Balaban J connectivity index is 1.19. The van der Waals surface area contributed by atoms with E-state index in [1.165, 1.54) is 15.5 Å². The van der Waals surface area contributed by atoms with E-state index in [2.05, 4.69) is 42.2 Å². The summed E-state index contributed by atoms with van der Waals surface area (Å²) in [6.45, 7) is -5.32. The minimum Gasteiger partial charge on any atom is -0.389 e. The third-order valence-electron chi connectivity index (χ3n) is 7.20. The van der Waals surface area contributed by atoms with Crippen LogP contribution in [0.2, 0.25) is 0 Å². The smallest absolute Gasteiger partial charge is 0.386 e. The SMILES string of the molecule is Nc1nc2c(ncn2[C@@H]2S[C@@H]3CO[PH](=O)O[C@H]4[C@H](F)[C@H](n5cnc6c(=O)[nH]cnc65)O[C@@H]4COP(=O)(S)O[C@@H]2[C@@H]3O)c(=O)[nH]1. The number of ether oxygens (including phenoxy) is 1. The molecule has 5 N–H and O–H groups in total. The number of nitrogens with zero attached hydrogens (tertiary/aromatic N) is 6. The van der Waals surface area contributed by atoms with Crippen molar-refractivity contribution >= 4 is 67.3 Å². The van der Waals surface area contributed by atoms with E-state index in [0.717, 1.165) is 24.4 Å². The van der Waals surface area contributed by atoms with Crippen LogP contribution in [-0.4, -0.2) is 93.2 Å². The summed E-state index contributed by atoms with van der Waals surface area (Å²) in [5.74, 6) is -0.187. The first-order chi connectivity index (χ1) is 21.0. The molecule has 4 aromatic rings. The number of thioether (sulfide) groups is 1. The lowest BCUT2D eigenvalue weighted by atomic mass is 10.1. The molecule has 0 radical (unpaired) electrons. The third-order valence-corrected chi connectivity index (χ3v) is 11.2. The molecule has 19 nitrogen and oxygen atoms in total. The summed E-state index contributed by atoms with van der Waals surface area (Å²) >= 11 is 5.13. The number of hydrogen-bond donors (Lipinski definition) is 5. The maximum atomic E-state index is 15.8. The number of rotatable bonds is 2. The van der Waals surface area contributed by atoms with Gasteiger partial charge in [0, 0.05) is 0 Å². The summed E-state index contributed by atoms with van der Waals surface area (Å²) in [5, 5.41) is 9.39. The summed E-state index contributed by atoms with van der Waals surface area (Å²) in [7, 11) is -3.42. The number of anilines is 1. The minimum absolute atomic E-state index is 0.0158. The van der Waals surface area contributed by atoms with Crippen LogP contribution in [0.5, 0.6) is 0 Å². The van der Waals surface area contributed by atoms with Crippen molar-refractivity contribution in [3.8, 4) is 0 Å². The van der Waals surface area contributed by atoms with Crippen LogP contribution in [0, 0.1) is 0 Å². The number of aromatic nitrogens is 8.